The van der Waals surface area contributed by atoms with Gasteiger partial charge in [-0.2, -0.15) is 0 Å². The maximum Gasteiger partial charge on any atom is 0.376 e. The maximum absolute atomic E-state index is 12.1. The second kappa shape index (κ2) is 21.2. The van der Waals surface area contributed by atoms with E-state index in [0.717, 1.165) is 74.9 Å². The summed E-state index contributed by atoms with van der Waals surface area (Å²) in [6.45, 7) is 9.42. The lowest BCUT2D eigenvalue weighted by atomic mass is 10.1. The average Bonchev–Trinajstić information content (AvgIpc) is 3.81. The van der Waals surface area contributed by atoms with Crippen LogP contribution >= 0.6 is 0 Å². The van der Waals surface area contributed by atoms with Gasteiger partial charge in [0.1, 0.15) is 24.9 Å². The molecule has 4 aliphatic heterocycles. The molecule has 65 heavy (non-hydrogen) atoms. The third kappa shape index (κ3) is 10.6. The van der Waals surface area contributed by atoms with Crippen molar-refractivity contribution in [1.82, 2.24) is 54.6 Å². The minimum absolute atomic E-state index is 0. The van der Waals surface area contributed by atoms with Gasteiger partial charge in [-0.3, -0.25) is 14.6 Å². The monoisotopic (exact) mass is 887 g/mol. The average molecular weight is 888 g/mol. The number of pyridine rings is 2. The number of carbonyl (C=O) groups excluding carboxylic acids is 2. The van der Waals surface area contributed by atoms with Crippen molar-refractivity contribution >= 4 is 11.9 Å². The van der Waals surface area contributed by atoms with Crippen LogP contribution in [0.2, 0.25) is 0 Å². The summed E-state index contributed by atoms with van der Waals surface area (Å²) in [5.74, 6) is 4.19. The van der Waals surface area contributed by atoms with Gasteiger partial charge in [-0.1, -0.05) is 63.4 Å². The van der Waals surface area contributed by atoms with E-state index in [1.807, 2.05) is 33.4 Å². The maximum atomic E-state index is 12.1. The Kier molecular flexibility index (Phi) is 15.0. The Morgan fingerprint density at radius 3 is 1.60 bits per heavy atom. The molecule has 0 unspecified atom stereocenters. The SMILES string of the molecule is C.C.CCOC(=O)c1nnc2n1CCN(Cc1ccc([C@H]3COc4cccnc4O3)cc1)CC2.CNC(=O)c1nnc2n1CCN(Cc1ccc([C@H]3COc4cccnc4O3)cc1)CC2. The van der Waals surface area contributed by atoms with Crippen LogP contribution in [0.4, 0.5) is 0 Å². The molecule has 18 nitrogen and oxygen atoms in total. The summed E-state index contributed by atoms with van der Waals surface area (Å²) in [7, 11) is 1.61. The molecule has 342 valence electrons. The fraction of sp³-hybridized carbons (Fsp3) is 0.404. The summed E-state index contributed by atoms with van der Waals surface area (Å²) < 4.78 is 32.5. The Morgan fingerprint density at radius 1 is 0.646 bits per heavy atom. The molecule has 10 rings (SSSR count). The Hall–Kier alpha value is -6.92. The summed E-state index contributed by atoms with van der Waals surface area (Å²) in [5.41, 5.74) is 4.57. The van der Waals surface area contributed by atoms with Gasteiger partial charge in [0.25, 0.3) is 17.7 Å². The van der Waals surface area contributed by atoms with Crippen molar-refractivity contribution in [3.63, 3.8) is 0 Å². The van der Waals surface area contributed by atoms with Gasteiger partial charge in [0.05, 0.1) is 6.61 Å². The second-order valence-electron chi connectivity index (χ2n) is 15.5. The first-order valence-corrected chi connectivity index (χ1v) is 21.3. The molecule has 6 aromatic rings. The second-order valence-corrected chi connectivity index (χ2v) is 15.5. The predicted molar refractivity (Wildman–Crippen MR) is 240 cm³/mol. The molecule has 18 heteroatoms. The predicted octanol–water partition coefficient (Wildman–Crippen LogP) is 5.30. The van der Waals surface area contributed by atoms with E-state index in [1.54, 1.807) is 26.4 Å². The number of fused-ring (bicyclic) bond motifs is 4. The highest BCUT2D eigenvalue weighted by Gasteiger charge is 2.27. The van der Waals surface area contributed by atoms with E-state index in [-0.39, 0.29) is 33.0 Å². The Morgan fingerprint density at radius 2 is 1.12 bits per heavy atom. The molecule has 1 amide bonds. The molecule has 1 N–H and O–H groups in total. The minimum Gasteiger partial charge on any atom is -0.484 e. The van der Waals surface area contributed by atoms with Gasteiger partial charge in [-0.25, -0.2) is 14.8 Å². The summed E-state index contributed by atoms with van der Waals surface area (Å²) >= 11 is 0. The molecule has 4 aliphatic rings. The number of benzene rings is 2. The molecule has 0 fully saturated rings. The Bertz CT molecular complexity index is 2530. The van der Waals surface area contributed by atoms with Crippen LogP contribution in [-0.4, -0.2) is 114 Å². The number of ether oxygens (including phenoxy) is 5. The molecular formula is C47H57N11O7. The zero-order valence-corrected chi connectivity index (χ0v) is 35.3. The zero-order chi connectivity index (χ0) is 43.1. The van der Waals surface area contributed by atoms with E-state index in [4.69, 9.17) is 23.7 Å². The van der Waals surface area contributed by atoms with E-state index in [0.29, 0.717) is 67.8 Å². The van der Waals surface area contributed by atoms with E-state index < -0.39 is 5.97 Å². The molecule has 0 radical (unpaired) electrons. The van der Waals surface area contributed by atoms with Crippen LogP contribution in [0.5, 0.6) is 23.3 Å². The van der Waals surface area contributed by atoms with Crippen LogP contribution in [0.15, 0.2) is 85.2 Å². The van der Waals surface area contributed by atoms with Gasteiger partial charge in [-0.05, 0) is 53.4 Å². The third-order valence-corrected chi connectivity index (χ3v) is 11.4. The number of nitrogens with zero attached hydrogens (tertiary/aromatic N) is 10. The fourth-order valence-electron chi connectivity index (χ4n) is 8.01. The lowest BCUT2D eigenvalue weighted by molar-refractivity contribution is 0.0504. The highest BCUT2D eigenvalue weighted by atomic mass is 16.6. The van der Waals surface area contributed by atoms with Gasteiger partial charge in [0.15, 0.2) is 23.7 Å². The quantitative estimate of drug-likeness (QED) is 0.184. The van der Waals surface area contributed by atoms with E-state index in [9.17, 15) is 9.59 Å². The number of rotatable bonds is 9. The van der Waals surface area contributed by atoms with Crippen LogP contribution < -0.4 is 24.3 Å². The fourth-order valence-corrected chi connectivity index (χ4v) is 8.01. The summed E-state index contributed by atoms with van der Waals surface area (Å²) in [4.78, 5) is 37.3. The largest absolute Gasteiger partial charge is 0.484 e. The minimum atomic E-state index is -0.415. The molecule has 4 aromatic heterocycles. The molecule has 0 saturated heterocycles. The van der Waals surface area contributed by atoms with Gasteiger partial charge in [0.2, 0.25) is 11.6 Å². The van der Waals surface area contributed by atoms with Gasteiger partial charge < -0.3 is 38.1 Å². The number of carbonyl (C=O) groups is 2. The van der Waals surface area contributed by atoms with Gasteiger partial charge in [-0.15, -0.1) is 20.4 Å². The van der Waals surface area contributed by atoms with Crippen LogP contribution in [0.1, 0.15) is 89.1 Å². The summed E-state index contributed by atoms with van der Waals surface area (Å²) in [6, 6.07) is 24.3. The number of hydrogen-bond acceptors (Lipinski definition) is 15. The number of amides is 1. The molecule has 0 aliphatic carbocycles. The first-order valence-electron chi connectivity index (χ1n) is 21.3. The highest BCUT2D eigenvalue weighted by Crippen LogP contribution is 2.35. The van der Waals surface area contributed by atoms with Gasteiger partial charge >= 0.3 is 5.97 Å². The van der Waals surface area contributed by atoms with E-state index >= 15 is 0 Å². The summed E-state index contributed by atoms with van der Waals surface area (Å²) in [5, 5.41) is 19.1. The third-order valence-electron chi connectivity index (χ3n) is 11.4. The molecule has 2 atom stereocenters. The molecule has 0 spiro atoms. The molecule has 0 bridgehead atoms. The lowest BCUT2D eigenvalue weighted by Gasteiger charge is -2.26. The molecule has 8 heterocycles. The van der Waals surface area contributed by atoms with Gasteiger partial charge in [0, 0.05) is 84.6 Å². The van der Waals surface area contributed by atoms with E-state index in [1.165, 1.54) is 11.1 Å². The molecule has 2 aromatic carbocycles. The Labute approximate surface area is 378 Å². The topological polar surface area (TPSA) is 186 Å². The van der Waals surface area contributed by atoms with Crippen molar-refractivity contribution in [3.8, 4) is 23.3 Å². The molecule has 0 saturated carbocycles. The van der Waals surface area contributed by atoms with Crippen LogP contribution in [-0.2, 0) is 43.8 Å². The smallest absolute Gasteiger partial charge is 0.376 e. The first-order chi connectivity index (χ1) is 30.9. The summed E-state index contributed by atoms with van der Waals surface area (Å²) in [6.07, 6.45) is 4.57. The van der Waals surface area contributed by atoms with Crippen molar-refractivity contribution in [1.29, 1.82) is 0 Å². The highest BCUT2D eigenvalue weighted by molar-refractivity contribution is 5.90. The first kappa shape index (κ1) is 46.1. The van der Waals surface area contributed by atoms with Crippen LogP contribution in [0, 0.1) is 0 Å². The lowest BCUT2D eigenvalue weighted by Crippen LogP contribution is -2.28. The molecular weight excluding hydrogens is 831 g/mol. The van der Waals surface area contributed by atoms with Crippen molar-refractivity contribution in [2.75, 3.05) is 53.0 Å². The van der Waals surface area contributed by atoms with Crippen molar-refractivity contribution in [2.45, 2.75) is 73.0 Å². The van der Waals surface area contributed by atoms with Crippen molar-refractivity contribution in [3.05, 3.63) is 131 Å². The van der Waals surface area contributed by atoms with Crippen molar-refractivity contribution in [2.24, 2.45) is 0 Å². The normalized spacial score (nSPS) is 17.5. The number of nitrogens with one attached hydrogen (secondary N) is 1. The number of esters is 1. The standard InChI is InChI=1S/C23H25N5O4.C22H24N6O3.2CH4/c1-2-30-23(29)21-26-25-20-9-11-27(12-13-28(20)21)14-16-5-7-17(8-6-16)19-15-31-18-4-3-10-24-22(18)32-19;1-23-21(29)20-26-25-19-8-10-27(11-12-28(19)20)13-15-4-6-16(7-5-15)18-14-30-17-3-2-9-24-22(17)31-18;;/h3-8,10,19H,2,9,11-15H2,1H3;2-7,9,18H,8,10-14H2,1H3,(H,23,29);2*1H4/t19-;18-;;/m11../s1. The van der Waals surface area contributed by atoms with Crippen LogP contribution in [0.25, 0.3) is 0 Å². The number of aromatic nitrogens is 8. The van der Waals surface area contributed by atoms with E-state index in [2.05, 4.69) is 94.0 Å². The van der Waals surface area contributed by atoms with Crippen LogP contribution in [0.3, 0.4) is 0 Å². The number of hydrogen-bond donors (Lipinski definition) is 1. The zero-order valence-electron chi connectivity index (χ0n) is 35.3. The van der Waals surface area contributed by atoms with Crippen molar-refractivity contribution < 1.29 is 33.3 Å². The Balaban J connectivity index is 0.000000188.